The number of rotatable bonds is 4. The van der Waals surface area contributed by atoms with Crippen molar-refractivity contribution in [1.29, 1.82) is 0 Å². The number of nitrogens with one attached hydrogen (secondary N) is 2. The number of carbonyl (C=O) groups excluding carboxylic acids is 2. The van der Waals surface area contributed by atoms with Crippen LogP contribution < -0.4 is 15.4 Å². The topological polar surface area (TPSA) is 105 Å². The number of carboxylic acids is 1. The molecule has 2 amide bonds. The normalized spacial score (nSPS) is 14.2. The van der Waals surface area contributed by atoms with E-state index in [0.717, 1.165) is 0 Å². The maximum Gasteiger partial charge on any atom is 0.341 e. The molecule has 0 aromatic heterocycles. The van der Waals surface area contributed by atoms with Crippen LogP contribution in [0, 0.1) is 7.14 Å². The third kappa shape index (κ3) is 4.60. The number of ether oxygens (including phenoxy) is 1. The van der Waals surface area contributed by atoms with Crippen molar-refractivity contribution in [2.24, 2.45) is 0 Å². The van der Waals surface area contributed by atoms with Gasteiger partial charge in [0, 0.05) is 0 Å². The molecule has 1 heterocycles. The van der Waals surface area contributed by atoms with Gasteiger partial charge in [0.25, 0.3) is 11.8 Å². The van der Waals surface area contributed by atoms with Crippen molar-refractivity contribution in [3.63, 3.8) is 0 Å². The Balaban J connectivity index is 2.32. The van der Waals surface area contributed by atoms with E-state index in [2.05, 4.69) is 10.6 Å². The largest absolute Gasteiger partial charge is 0.480 e. The summed E-state index contributed by atoms with van der Waals surface area (Å²) in [6, 6.07) is 3.36. The lowest BCUT2D eigenvalue weighted by atomic mass is 10.1. The van der Waals surface area contributed by atoms with Crippen LogP contribution in [0.1, 0.15) is 5.56 Å². The van der Waals surface area contributed by atoms with Crippen molar-refractivity contribution < 1.29 is 24.2 Å². The van der Waals surface area contributed by atoms with Gasteiger partial charge in [-0.3, -0.25) is 20.2 Å². The van der Waals surface area contributed by atoms with Crippen LogP contribution in [-0.4, -0.2) is 34.6 Å². The average molecular weight is 558 g/mol. The maximum absolute atomic E-state index is 11.8. The Kier molecular flexibility index (Phi) is 5.91. The lowest BCUT2D eigenvalue weighted by Crippen LogP contribution is -2.51. The van der Waals surface area contributed by atoms with Gasteiger partial charge in [-0.2, -0.15) is 0 Å². The van der Waals surface area contributed by atoms with Gasteiger partial charge in [-0.25, -0.2) is 4.79 Å². The minimum absolute atomic E-state index is 0.0290. The van der Waals surface area contributed by atoms with Gasteiger partial charge in [0.05, 0.1) is 7.14 Å². The molecular formula is C13H8I2N2O5S. The predicted molar refractivity (Wildman–Crippen MR) is 102 cm³/mol. The second-order valence-electron chi connectivity index (χ2n) is 4.29. The zero-order chi connectivity index (χ0) is 17.1. The van der Waals surface area contributed by atoms with Crippen molar-refractivity contribution >= 4 is 86.4 Å². The molecule has 1 saturated heterocycles. The maximum atomic E-state index is 11.8. The quantitative estimate of drug-likeness (QED) is 0.223. The van der Waals surface area contributed by atoms with Crippen LogP contribution in [-0.2, 0) is 14.4 Å². The summed E-state index contributed by atoms with van der Waals surface area (Å²) in [6.45, 7) is -0.450. The molecule has 10 heteroatoms. The van der Waals surface area contributed by atoms with Crippen molar-refractivity contribution in [3.8, 4) is 5.75 Å². The smallest absolute Gasteiger partial charge is 0.341 e. The zero-order valence-corrected chi connectivity index (χ0v) is 16.3. The van der Waals surface area contributed by atoms with Crippen LogP contribution in [0.4, 0.5) is 0 Å². The predicted octanol–water partition coefficient (Wildman–Crippen LogP) is 1.27. The van der Waals surface area contributed by atoms with Crippen LogP contribution in [0.25, 0.3) is 6.08 Å². The van der Waals surface area contributed by atoms with E-state index in [4.69, 9.17) is 22.1 Å². The highest BCUT2D eigenvalue weighted by Crippen LogP contribution is 2.30. The summed E-state index contributed by atoms with van der Waals surface area (Å²) >= 11 is 8.71. The molecule has 1 aliphatic rings. The molecule has 2 rings (SSSR count). The van der Waals surface area contributed by atoms with Crippen molar-refractivity contribution in [1.82, 2.24) is 10.6 Å². The van der Waals surface area contributed by atoms with Gasteiger partial charge in [0.1, 0.15) is 11.3 Å². The molecular weight excluding hydrogens is 550 g/mol. The summed E-state index contributed by atoms with van der Waals surface area (Å²) in [5.74, 6) is -1.78. The van der Waals surface area contributed by atoms with Crippen LogP contribution >= 0.6 is 57.4 Å². The number of amides is 2. The number of halogens is 2. The molecule has 0 radical (unpaired) electrons. The summed E-state index contributed by atoms with van der Waals surface area (Å²) in [5.41, 5.74) is 0.541. The SMILES string of the molecule is O=C(O)COc1c(I)cc(C=C2C(=O)NC(=S)NC2=O)cc1I. The molecule has 0 spiro atoms. The number of benzene rings is 1. The first-order chi connectivity index (χ1) is 10.8. The molecule has 1 aromatic rings. The fourth-order valence-corrected chi connectivity index (χ4v) is 4.02. The number of carboxylic acid groups (broad SMARTS) is 1. The van der Waals surface area contributed by atoms with Gasteiger partial charge in [-0.05, 0) is 81.2 Å². The molecule has 0 saturated carbocycles. The molecule has 120 valence electrons. The fourth-order valence-electron chi connectivity index (χ4n) is 1.71. The third-order valence-corrected chi connectivity index (χ3v) is 4.42. The molecule has 0 unspecified atom stereocenters. The highest BCUT2D eigenvalue weighted by atomic mass is 127. The number of thiocarbonyl (C=S) groups is 1. The Bertz CT molecular complexity index is 718. The van der Waals surface area contributed by atoms with Crippen LogP contribution in [0.3, 0.4) is 0 Å². The minimum atomic E-state index is -1.07. The van der Waals surface area contributed by atoms with Crippen molar-refractivity contribution in [2.45, 2.75) is 0 Å². The molecule has 0 bridgehead atoms. The second kappa shape index (κ2) is 7.53. The molecule has 0 atom stereocenters. The monoisotopic (exact) mass is 558 g/mol. The third-order valence-electron chi connectivity index (χ3n) is 2.61. The number of carbonyl (C=O) groups is 3. The van der Waals surface area contributed by atoms with Crippen LogP contribution in [0.15, 0.2) is 17.7 Å². The Labute approximate surface area is 163 Å². The van der Waals surface area contributed by atoms with E-state index in [1.54, 1.807) is 12.1 Å². The lowest BCUT2D eigenvalue weighted by molar-refractivity contribution is -0.139. The van der Waals surface area contributed by atoms with E-state index in [-0.39, 0.29) is 10.7 Å². The Morgan fingerprint density at radius 3 is 2.22 bits per heavy atom. The van der Waals surface area contributed by atoms with E-state index < -0.39 is 24.4 Å². The summed E-state index contributed by atoms with van der Waals surface area (Å²) in [6.07, 6.45) is 1.43. The van der Waals surface area contributed by atoms with E-state index in [1.807, 2.05) is 45.2 Å². The lowest BCUT2D eigenvalue weighted by Gasteiger charge is -2.16. The van der Waals surface area contributed by atoms with Gasteiger partial charge in [-0.1, -0.05) is 0 Å². The first-order valence-corrected chi connectivity index (χ1v) is 8.56. The Morgan fingerprint density at radius 2 is 1.74 bits per heavy atom. The van der Waals surface area contributed by atoms with Gasteiger partial charge in [0.2, 0.25) is 0 Å². The first-order valence-electron chi connectivity index (χ1n) is 6.00. The number of aliphatic carboxylic acids is 1. The molecule has 7 nitrogen and oxygen atoms in total. The van der Waals surface area contributed by atoms with E-state index in [1.165, 1.54) is 6.08 Å². The highest BCUT2D eigenvalue weighted by Gasteiger charge is 2.25. The zero-order valence-electron chi connectivity index (χ0n) is 11.2. The Morgan fingerprint density at radius 1 is 1.22 bits per heavy atom. The molecule has 23 heavy (non-hydrogen) atoms. The standard InChI is InChI=1S/C13H8I2N2O5S/c14-7-2-5(3-8(15)10(7)22-4-9(18)19)1-6-11(20)16-13(23)17-12(6)21/h1-3H,4H2,(H,18,19)(H2,16,17,20,21,23). The van der Waals surface area contributed by atoms with E-state index in [9.17, 15) is 14.4 Å². The average Bonchev–Trinajstić information content (AvgIpc) is 2.41. The molecule has 1 aromatic carbocycles. The first kappa shape index (κ1) is 18.1. The van der Waals surface area contributed by atoms with Gasteiger partial charge < -0.3 is 9.84 Å². The van der Waals surface area contributed by atoms with Gasteiger partial charge in [-0.15, -0.1) is 0 Å². The molecule has 1 fully saturated rings. The summed E-state index contributed by atoms with van der Waals surface area (Å²) < 4.78 is 6.54. The summed E-state index contributed by atoms with van der Waals surface area (Å²) in [4.78, 5) is 34.2. The second-order valence-corrected chi connectivity index (χ2v) is 7.02. The van der Waals surface area contributed by atoms with Crippen LogP contribution in [0.5, 0.6) is 5.75 Å². The van der Waals surface area contributed by atoms with Gasteiger partial charge in [0.15, 0.2) is 11.7 Å². The van der Waals surface area contributed by atoms with Gasteiger partial charge >= 0.3 is 5.97 Å². The molecule has 3 N–H and O–H groups in total. The highest BCUT2D eigenvalue weighted by molar-refractivity contribution is 14.1. The summed E-state index contributed by atoms with van der Waals surface area (Å²) in [5, 5.41) is 13.3. The molecule has 1 aliphatic heterocycles. The fraction of sp³-hybridized carbons (Fsp3) is 0.0769. The van der Waals surface area contributed by atoms with E-state index >= 15 is 0 Å². The Hall–Kier alpha value is -1.28. The van der Waals surface area contributed by atoms with Crippen molar-refractivity contribution in [2.75, 3.05) is 6.61 Å². The number of hydrogen-bond donors (Lipinski definition) is 3. The summed E-state index contributed by atoms with van der Waals surface area (Å²) in [7, 11) is 0. The number of hydrogen-bond acceptors (Lipinski definition) is 5. The minimum Gasteiger partial charge on any atom is -0.480 e. The van der Waals surface area contributed by atoms with Crippen molar-refractivity contribution in [3.05, 3.63) is 30.4 Å². The van der Waals surface area contributed by atoms with Crippen LogP contribution in [0.2, 0.25) is 0 Å². The molecule has 0 aliphatic carbocycles. The van der Waals surface area contributed by atoms with E-state index in [0.29, 0.717) is 18.5 Å².